The molecular weight excluding hydrogens is 578 g/mol. The van der Waals surface area contributed by atoms with Crippen LogP contribution in [0.3, 0.4) is 0 Å². The molecule has 0 radical (unpaired) electrons. The van der Waals surface area contributed by atoms with Crippen molar-refractivity contribution in [2.75, 3.05) is 26.2 Å². The second kappa shape index (κ2) is 13.6. The molecule has 3 amide bonds. The molecule has 1 spiro atoms. The Labute approximate surface area is 247 Å². The van der Waals surface area contributed by atoms with Gasteiger partial charge in [-0.2, -0.15) is 0 Å². The number of amides is 3. The summed E-state index contributed by atoms with van der Waals surface area (Å²) in [4.78, 5) is 48.6. The fourth-order valence-electron chi connectivity index (χ4n) is 7.13. The predicted octanol–water partition coefficient (Wildman–Crippen LogP) is 4.49. The van der Waals surface area contributed by atoms with Crippen LogP contribution in [0.1, 0.15) is 66.7 Å². The molecule has 0 aliphatic carbocycles. The molecule has 0 saturated carbocycles. The van der Waals surface area contributed by atoms with Crippen LogP contribution in [0.25, 0.3) is 0 Å². The Morgan fingerprint density at radius 3 is 2.38 bits per heavy atom. The number of carbonyl (C=O) groups is 3. The van der Waals surface area contributed by atoms with Gasteiger partial charge in [0.05, 0.1) is 29.2 Å². The Hall–Kier alpha value is -1.32. The van der Waals surface area contributed by atoms with Gasteiger partial charge in [-0.1, -0.05) is 62.2 Å². The fourth-order valence-corrected chi connectivity index (χ4v) is 10.7. The number of nitrogens with zero attached hydrogens (tertiary/aromatic N) is 3. The van der Waals surface area contributed by atoms with E-state index in [9.17, 15) is 19.5 Å². The van der Waals surface area contributed by atoms with E-state index in [1.54, 1.807) is 28.8 Å². The van der Waals surface area contributed by atoms with E-state index >= 15 is 0 Å². The normalized spacial score (nSPS) is 30.8. The van der Waals surface area contributed by atoms with Crippen molar-refractivity contribution in [3.05, 3.63) is 25.3 Å². The number of fused-ring (bicyclic) bond motifs is 1. The van der Waals surface area contributed by atoms with Crippen molar-refractivity contribution in [3.63, 3.8) is 0 Å². The van der Waals surface area contributed by atoms with Gasteiger partial charge in [0.1, 0.15) is 6.04 Å². The fraction of sp³-hybridized carbons (Fsp3) is 0.767. The van der Waals surface area contributed by atoms with Crippen LogP contribution in [0, 0.1) is 17.8 Å². The third kappa shape index (κ3) is 5.87. The van der Waals surface area contributed by atoms with Crippen molar-refractivity contribution in [1.29, 1.82) is 0 Å². The Morgan fingerprint density at radius 2 is 1.85 bits per heavy atom. The lowest BCUT2D eigenvalue weighted by Gasteiger charge is -2.41. The van der Waals surface area contributed by atoms with E-state index in [0.29, 0.717) is 32.5 Å². The summed E-state index contributed by atoms with van der Waals surface area (Å²) in [5.41, 5.74) is 0. The highest BCUT2D eigenvalue weighted by Crippen LogP contribution is 2.68. The molecular formula is C30H48BrN3O4S. The second-order valence-electron chi connectivity index (χ2n) is 11.9. The minimum atomic E-state index is -0.739. The number of alkyl halides is 1. The quantitative estimate of drug-likeness (QED) is 0.214. The molecule has 3 fully saturated rings. The standard InChI is InChI=1S/C30H48BrN3O4S/c1-8-12-20(7)33(15-11-4)29(38)26-30-17-22(31)25(39-30)23(27(36)32(13-9-2)14-10-3)24(30)28(37)34(26)21(18-35)16-19(5)6/h9,11,19-26,35H,2,4,8,10,12-18H2,1,3,5-7H3/t20?,21-,22?,23+,24+,25+,26?,30?/m1/s1. The number of thioether (sulfide) groups is 1. The number of aliphatic hydroxyl groups excluding tert-OH is 1. The number of likely N-dealkylation sites (tertiary alicyclic amines) is 1. The summed E-state index contributed by atoms with van der Waals surface area (Å²) in [6.45, 7) is 19.3. The van der Waals surface area contributed by atoms with E-state index in [2.05, 4.69) is 56.8 Å². The van der Waals surface area contributed by atoms with Gasteiger partial charge in [-0.25, -0.2) is 0 Å². The van der Waals surface area contributed by atoms with Gasteiger partial charge in [-0.05, 0) is 38.5 Å². The third-order valence-corrected chi connectivity index (χ3v) is 11.8. The van der Waals surface area contributed by atoms with E-state index in [1.807, 2.05) is 16.7 Å². The molecule has 3 aliphatic heterocycles. The molecule has 2 bridgehead atoms. The van der Waals surface area contributed by atoms with Crippen LogP contribution in [0.2, 0.25) is 0 Å². The lowest BCUT2D eigenvalue weighted by molar-refractivity contribution is -0.148. The largest absolute Gasteiger partial charge is 0.394 e. The van der Waals surface area contributed by atoms with Crippen LogP contribution < -0.4 is 0 Å². The zero-order valence-corrected chi connectivity index (χ0v) is 26.8. The molecule has 3 saturated heterocycles. The van der Waals surface area contributed by atoms with Gasteiger partial charge in [-0.15, -0.1) is 24.9 Å². The average molecular weight is 627 g/mol. The van der Waals surface area contributed by atoms with Crippen molar-refractivity contribution in [3.8, 4) is 0 Å². The van der Waals surface area contributed by atoms with Gasteiger partial charge >= 0.3 is 0 Å². The number of rotatable bonds is 15. The Bertz CT molecular complexity index is 932. The van der Waals surface area contributed by atoms with E-state index in [1.165, 1.54) is 0 Å². The maximum absolute atomic E-state index is 14.6. The van der Waals surface area contributed by atoms with Crippen LogP contribution >= 0.6 is 27.7 Å². The zero-order valence-electron chi connectivity index (χ0n) is 24.4. The Balaban J connectivity index is 2.15. The van der Waals surface area contributed by atoms with E-state index < -0.39 is 28.7 Å². The molecule has 220 valence electrons. The first kappa shape index (κ1) is 32.2. The summed E-state index contributed by atoms with van der Waals surface area (Å²) in [5.74, 6) is -1.17. The summed E-state index contributed by atoms with van der Waals surface area (Å²) >= 11 is 5.52. The van der Waals surface area contributed by atoms with Gasteiger partial charge in [0.15, 0.2) is 0 Å². The maximum atomic E-state index is 14.6. The zero-order chi connectivity index (χ0) is 29.1. The highest BCUT2D eigenvalue weighted by atomic mass is 79.9. The molecule has 3 heterocycles. The van der Waals surface area contributed by atoms with Gasteiger partial charge in [0.25, 0.3) is 0 Å². The Kier molecular flexibility index (Phi) is 11.2. The third-order valence-electron chi connectivity index (χ3n) is 8.60. The summed E-state index contributed by atoms with van der Waals surface area (Å²) < 4.78 is -0.727. The number of carbonyl (C=O) groups excluding carboxylic acids is 3. The van der Waals surface area contributed by atoms with Crippen molar-refractivity contribution >= 4 is 45.4 Å². The lowest BCUT2D eigenvalue weighted by atomic mass is 9.70. The number of aliphatic hydroxyl groups is 1. The van der Waals surface area contributed by atoms with Crippen LogP contribution in [0.15, 0.2) is 25.3 Å². The molecule has 9 heteroatoms. The SMILES string of the molecule is C=CCN(CCC)C(=O)[C@H]1[C@H]2C(=O)N([C@@H](CO)CC(C)C)C(C(=O)N(CC=C)C(C)CCC)C23CC(Br)[C@@H]1S3. The summed E-state index contributed by atoms with van der Waals surface area (Å²) in [6.07, 6.45) is 7.29. The van der Waals surface area contributed by atoms with Crippen LogP contribution in [0.5, 0.6) is 0 Å². The second-order valence-corrected chi connectivity index (χ2v) is 14.6. The van der Waals surface area contributed by atoms with Crippen LogP contribution in [-0.4, -0.2) is 96.7 Å². The van der Waals surface area contributed by atoms with Gasteiger partial charge in [0.2, 0.25) is 17.7 Å². The topological polar surface area (TPSA) is 81.2 Å². The molecule has 0 aromatic heterocycles. The monoisotopic (exact) mass is 625 g/mol. The van der Waals surface area contributed by atoms with E-state index in [0.717, 1.165) is 19.3 Å². The average Bonchev–Trinajstić information content (AvgIpc) is 3.48. The van der Waals surface area contributed by atoms with Crippen molar-refractivity contribution in [2.45, 2.75) is 99.7 Å². The maximum Gasteiger partial charge on any atom is 0.247 e. The Morgan fingerprint density at radius 1 is 1.18 bits per heavy atom. The highest BCUT2D eigenvalue weighted by molar-refractivity contribution is 9.09. The minimum Gasteiger partial charge on any atom is -0.394 e. The van der Waals surface area contributed by atoms with Gasteiger partial charge in [-0.3, -0.25) is 14.4 Å². The molecule has 3 aliphatic rings. The van der Waals surface area contributed by atoms with Crippen molar-refractivity contribution < 1.29 is 19.5 Å². The predicted molar refractivity (Wildman–Crippen MR) is 163 cm³/mol. The summed E-state index contributed by atoms with van der Waals surface area (Å²) in [5, 5.41) is 10.4. The molecule has 0 aromatic carbocycles. The number of hydrogen-bond donors (Lipinski definition) is 1. The number of halogens is 1. The molecule has 8 atom stereocenters. The van der Waals surface area contributed by atoms with E-state index in [4.69, 9.17) is 0 Å². The van der Waals surface area contributed by atoms with E-state index in [-0.39, 0.29) is 46.4 Å². The molecule has 7 nitrogen and oxygen atoms in total. The molecule has 39 heavy (non-hydrogen) atoms. The summed E-state index contributed by atoms with van der Waals surface area (Å²) in [6, 6.07) is -1.24. The smallest absolute Gasteiger partial charge is 0.247 e. The highest BCUT2D eigenvalue weighted by Gasteiger charge is 2.76. The molecule has 1 N–H and O–H groups in total. The minimum absolute atomic E-state index is 0.0148. The summed E-state index contributed by atoms with van der Waals surface area (Å²) in [7, 11) is 0. The first-order valence-corrected chi connectivity index (χ1v) is 16.4. The van der Waals surface area contributed by atoms with Gasteiger partial charge < -0.3 is 19.8 Å². The molecule has 4 unspecified atom stereocenters. The van der Waals surface area contributed by atoms with Crippen molar-refractivity contribution in [2.24, 2.45) is 17.8 Å². The van der Waals surface area contributed by atoms with Gasteiger partial charge in [0, 0.05) is 35.8 Å². The lowest BCUT2D eigenvalue weighted by Crippen LogP contribution is -2.59. The first-order chi connectivity index (χ1) is 18.5. The van der Waals surface area contributed by atoms with Crippen molar-refractivity contribution in [1.82, 2.24) is 14.7 Å². The molecule has 0 aromatic rings. The van der Waals surface area contributed by atoms with Crippen LogP contribution in [-0.2, 0) is 14.4 Å². The first-order valence-electron chi connectivity index (χ1n) is 14.6. The van der Waals surface area contributed by atoms with Crippen LogP contribution in [0.4, 0.5) is 0 Å². The number of hydrogen-bond acceptors (Lipinski definition) is 5. The molecule has 3 rings (SSSR count).